The van der Waals surface area contributed by atoms with Crippen LogP contribution in [0.1, 0.15) is 25.1 Å². The fourth-order valence-electron chi connectivity index (χ4n) is 3.84. The van der Waals surface area contributed by atoms with Gasteiger partial charge in [0.15, 0.2) is 0 Å². The molecule has 0 spiro atoms. The number of rotatable bonds is 3. The first-order valence-corrected chi connectivity index (χ1v) is 9.94. The number of carbonyl (C=O) groups excluding carboxylic acids is 1. The molecule has 0 atom stereocenters. The van der Waals surface area contributed by atoms with E-state index in [1.54, 1.807) is 4.57 Å². The van der Waals surface area contributed by atoms with Crippen molar-refractivity contribution in [1.29, 1.82) is 0 Å². The number of nitrogens with zero attached hydrogens (tertiary/aromatic N) is 5. The van der Waals surface area contributed by atoms with Gasteiger partial charge in [-0.05, 0) is 31.0 Å². The smallest absolute Gasteiger partial charge is 0.346 e. The summed E-state index contributed by atoms with van der Waals surface area (Å²) < 4.78 is 3.07. The Morgan fingerprint density at radius 2 is 1.89 bits per heavy atom. The third kappa shape index (κ3) is 3.88. The molecule has 1 aromatic carbocycles. The molecule has 0 N–H and O–H groups in total. The molecular weight excluding hydrogens is 366 g/mol. The Morgan fingerprint density at radius 3 is 2.67 bits per heavy atom. The second-order valence-corrected chi connectivity index (χ2v) is 7.60. The number of aryl methyl sites for hydroxylation is 1. The van der Waals surface area contributed by atoms with Gasteiger partial charge >= 0.3 is 5.69 Å². The molecule has 4 rings (SSSR count). The van der Waals surface area contributed by atoms with Crippen LogP contribution in [0.2, 0.25) is 5.02 Å². The minimum atomic E-state index is -0.155. The van der Waals surface area contributed by atoms with Crippen LogP contribution in [0.15, 0.2) is 29.1 Å². The maximum Gasteiger partial charge on any atom is 0.346 e. The van der Waals surface area contributed by atoms with Gasteiger partial charge in [-0.3, -0.25) is 9.36 Å². The van der Waals surface area contributed by atoms with Crippen molar-refractivity contribution in [3.63, 3.8) is 0 Å². The highest BCUT2D eigenvalue weighted by atomic mass is 35.5. The second kappa shape index (κ2) is 7.76. The zero-order valence-electron chi connectivity index (χ0n) is 15.3. The van der Waals surface area contributed by atoms with Gasteiger partial charge in [0.1, 0.15) is 12.4 Å². The van der Waals surface area contributed by atoms with Gasteiger partial charge in [0.2, 0.25) is 5.91 Å². The molecule has 0 radical (unpaired) electrons. The van der Waals surface area contributed by atoms with Crippen molar-refractivity contribution in [3.8, 4) is 0 Å². The number of benzene rings is 1. The summed E-state index contributed by atoms with van der Waals surface area (Å²) in [6, 6.07) is 7.76. The minimum absolute atomic E-state index is 0.0238. The van der Waals surface area contributed by atoms with Crippen LogP contribution in [0.4, 0.5) is 5.69 Å². The first-order chi connectivity index (χ1) is 13.1. The first-order valence-electron chi connectivity index (χ1n) is 9.56. The molecule has 144 valence electrons. The van der Waals surface area contributed by atoms with Crippen LogP contribution in [0, 0.1) is 0 Å². The molecule has 7 nitrogen and oxygen atoms in total. The predicted octanol–water partition coefficient (Wildman–Crippen LogP) is 1.77. The van der Waals surface area contributed by atoms with E-state index < -0.39 is 0 Å². The summed E-state index contributed by atoms with van der Waals surface area (Å²) in [7, 11) is 0. The molecule has 1 aromatic heterocycles. The first kappa shape index (κ1) is 18.1. The molecule has 2 aliphatic rings. The van der Waals surface area contributed by atoms with E-state index in [0.717, 1.165) is 50.3 Å². The van der Waals surface area contributed by atoms with Crippen LogP contribution >= 0.6 is 11.6 Å². The lowest BCUT2D eigenvalue weighted by atomic mass is 10.2. The molecule has 2 aliphatic heterocycles. The molecule has 0 unspecified atom stereocenters. The summed E-state index contributed by atoms with van der Waals surface area (Å²) in [6.45, 7) is 3.50. The van der Waals surface area contributed by atoms with Gasteiger partial charge in [-0.1, -0.05) is 24.1 Å². The third-order valence-corrected chi connectivity index (χ3v) is 5.61. The zero-order valence-corrected chi connectivity index (χ0v) is 16.1. The normalized spacial score (nSPS) is 17.5. The standard InChI is InChI=1S/C19H24ClN5O2/c20-15-5-4-6-16(13-15)22-9-11-23(12-10-22)18(26)14-25-19(27)24-8-3-1-2-7-17(24)21-25/h4-6,13H,1-3,7-12,14H2. The topological polar surface area (TPSA) is 63.4 Å². The van der Waals surface area contributed by atoms with Crippen LogP contribution in [-0.2, 0) is 24.3 Å². The lowest BCUT2D eigenvalue weighted by Gasteiger charge is -2.36. The molecule has 0 saturated carbocycles. The molecule has 1 fully saturated rings. The fraction of sp³-hybridized carbons (Fsp3) is 0.526. The summed E-state index contributed by atoms with van der Waals surface area (Å²) in [6.07, 6.45) is 3.99. The number of amides is 1. The van der Waals surface area contributed by atoms with Crippen LogP contribution in [0.25, 0.3) is 0 Å². The Kier molecular flexibility index (Phi) is 5.20. The Labute approximate surface area is 163 Å². The van der Waals surface area contributed by atoms with Crippen molar-refractivity contribution >= 4 is 23.2 Å². The summed E-state index contributed by atoms with van der Waals surface area (Å²) in [5.74, 6) is 0.771. The molecule has 1 saturated heterocycles. The molecule has 0 aliphatic carbocycles. The van der Waals surface area contributed by atoms with Crippen molar-refractivity contribution < 1.29 is 4.79 Å². The van der Waals surface area contributed by atoms with Gasteiger partial charge < -0.3 is 9.80 Å². The number of piperazine rings is 1. The van der Waals surface area contributed by atoms with Crippen LogP contribution in [-0.4, -0.2) is 51.3 Å². The number of halogens is 1. The van der Waals surface area contributed by atoms with Crippen molar-refractivity contribution in [3.05, 3.63) is 45.6 Å². The monoisotopic (exact) mass is 389 g/mol. The van der Waals surface area contributed by atoms with Crippen molar-refractivity contribution in [1.82, 2.24) is 19.2 Å². The number of fused-ring (bicyclic) bond motifs is 1. The van der Waals surface area contributed by atoms with E-state index in [-0.39, 0.29) is 18.1 Å². The van der Waals surface area contributed by atoms with Gasteiger partial charge in [0.05, 0.1) is 0 Å². The summed E-state index contributed by atoms with van der Waals surface area (Å²) in [4.78, 5) is 29.2. The van der Waals surface area contributed by atoms with E-state index in [1.165, 1.54) is 4.68 Å². The van der Waals surface area contributed by atoms with E-state index in [1.807, 2.05) is 29.2 Å². The van der Waals surface area contributed by atoms with E-state index >= 15 is 0 Å². The number of anilines is 1. The average Bonchev–Trinajstić information content (AvgIpc) is 2.85. The maximum absolute atomic E-state index is 12.7. The molecule has 0 bridgehead atoms. The fourth-order valence-corrected chi connectivity index (χ4v) is 4.03. The van der Waals surface area contributed by atoms with E-state index in [0.29, 0.717) is 24.7 Å². The van der Waals surface area contributed by atoms with E-state index in [4.69, 9.17) is 11.6 Å². The highest BCUT2D eigenvalue weighted by Crippen LogP contribution is 2.20. The number of aromatic nitrogens is 3. The molecule has 2 aromatic rings. The van der Waals surface area contributed by atoms with E-state index in [2.05, 4.69) is 10.00 Å². The third-order valence-electron chi connectivity index (χ3n) is 5.37. The van der Waals surface area contributed by atoms with Gasteiger partial charge in [-0.2, -0.15) is 5.10 Å². The van der Waals surface area contributed by atoms with Gasteiger partial charge in [0, 0.05) is 49.9 Å². The van der Waals surface area contributed by atoms with Crippen molar-refractivity contribution in [2.45, 2.75) is 38.8 Å². The SMILES string of the molecule is O=C(Cn1nc2n(c1=O)CCCCC2)N1CCN(c2cccc(Cl)c2)CC1. The second-order valence-electron chi connectivity index (χ2n) is 7.17. The zero-order chi connectivity index (χ0) is 18.8. The Morgan fingerprint density at radius 1 is 1.07 bits per heavy atom. The Bertz CT molecular complexity index is 882. The Hall–Kier alpha value is -2.28. The van der Waals surface area contributed by atoms with E-state index in [9.17, 15) is 9.59 Å². The van der Waals surface area contributed by atoms with Crippen LogP contribution < -0.4 is 10.6 Å². The number of hydrogen-bond donors (Lipinski definition) is 0. The van der Waals surface area contributed by atoms with Crippen molar-refractivity contribution in [2.75, 3.05) is 31.1 Å². The molecule has 1 amide bonds. The maximum atomic E-state index is 12.7. The summed E-state index contributed by atoms with van der Waals surface area (Å²) in [5, 5.41) is 5.12. The molecule has 8 heteroatoms. The lowest BCUT2D eigenvalue weighted by molar-refractivity contribution is -0.132. The largest absolute Gasteiger partial charge is 0.368 e. The van der Waals surface area contributed by atoms with Crippen molar-refractivity contribution in [2.24, 2.45) is 0 Å². The minimum Gasteiger partial charge on any atom is -0.368 e. The molecule has 3 heterocycles. The van der Waals surface area contributed by atoms with Gasteiger partial charge in [-0.15, -0.1) is 0 Å². The quantitative estimate of drug-likeness (QED) is 0.802. The Balaban J connectivity index is 1.38. The molecular formula is C19H24ClN5O2. The lowest BCUT2D eigenvalue weighted by Crippen LogP contribution is -2.50. The summed E-state index contributed by atoms with van der Waals surface area (Å²) >= 11 is 6.07. The highest BCUT2D eigenvalue weighted by molar-refractivity contribution is 6.30. The van der Waals surface area contributed by atoms with Crippen LogP contribution in [0.5, 0.6) is 0 Å². The van der Waals surface area contributed by atoms with Gasteiger partial charge in [-0.25, -0.2) is 9.48 Å². The summed E-state index contributed by atoms with van der Waals surface area (Å²) in [5.41, 5.74) is 0.918. The predicted molar refractivity (Wildman–Crippen MR) is 104 cm³/mol. The molecule has 27 heavy (non-hydrogen) atoms. The number of carbonyl (C=O) groups is 1. The highest BCUT2D eigenvalue weighted by Gasteiger charge is 2.24. The average molecular weight is 390 g/mol. The van der Waals surface area contributed by atoms with Crippen LogP contribution in [0.3, 0.4) is 0 Å². The number of hydrogen-bond acceptors (Lipinski definition) is 4. The van der Waals surface area contributed by atoms with Gasteiger partial charge in [0.25, 0.3) is 0 Å².